The number of aryl methyl sites for hydroxylation is 1. The lowest BCUT2D eigenvalue weighted by atomic mass is 10.2. The summed E-state index contributed by atoms with van der Waals surface area (Å²) in [4.78, 5) is 24.7. The molecule has 0 fully saturated rings. The van der Waals surface area contributed by atoms with Crippen LogP contribution in [0, 0.1) is 6.92 Å². The second-order valence-corrected chi connectivity index (χ2v) is 9.02. The first-order valence-electron chi connectivity index (χ1n) is 8.55. The molecule has 0 atom stereocenters. The molecule has 0 spiro atoms. The van der Waals surface area contributed by atoms with Crippen molar-refractivity contribution in [2.45, 2.75) is 31.7 Å². The van der Waals surface area contributed by atoms with Crippen LogP contribution in [0.15, 0.2) is 29.3 Å². The van der Waals surface area contributed by atoms with E-state index in [1.54, 1.807) is 30.3 Å². The lowest BCUT2D eigenvalue weighted by Crippen LogP contribution is -2.47. The minimum absolute atomic E-state index is 0.0167. The molecule has 2 heterocycles. The van der Waals surface area contributed by atoms with Crippen molar-refractivity contribution in [3.8, 4) is 0 Å². The Morgan fingerprint density at radius 3 is 2.56 bits per heavy atom. The molecule has 144 valence electrons. The third-order valence-corrected chi connectivity index (χ3v) is 5.51. The topological polar surface area (TPSA) is 95.5 Å². The number of hydrogen-bond acceptors (Lipinski definition) is 7. The van der Waals surface area contributed by atoms with Gasteiger partial charge in [0.1, 0.15) is 5.69 Å². The number of rotatable bonds is 4. The predicted molar refractivity (Wildman–Crippen MR) is 105 cm³/mol. The number of sulfone groups is 1. The van der Waals surface area contributed by atoms with Gasteiger partial charge in [-0.15, -0.1) is 0 Å². The number of carbonyl (C=O) groups is 1. The molecule has 0 saturated heterocycles. The average molecular weight is 389 g/mol. The van der Waals surface area contributed by atoms with Crippen LogP contribution in [0.5, 0.6) is 0 Å². The monoisotopic (exact) mass is 389 g/mol. The molecule has 2 aromatic rings. The first kappa shape index (κ1) is 19.1. The minimum Gasteiger partial charge on any atom is -0.343 e. The van der Waals surface area contributed by atoms with E-state index in [4.69, 9.17) is 0 Å². The Morgan fingerprint density at radius 1 is 1.22 bits per heavy atom. The van der Waals surface area contributed by atoms with Gasteiger partial charge >= 0.3 is 0 Å². The largest absolute Gasteiger partial charge is 0.343 e. The van der Waals surface area contributed by atoms with E-state index in [-0.39, 0.29) is 23.4 Å². The van der Waals surface area contributed by atoms with Crippen molar-refractivity contribution in [1.29, 1.82) is 0 Å². The molecule has 0 saturated carbocycles. The molecule has 1 aromatic heterocycles. The molecule has 1 aliphatic rings. The third kappa shape index (κ3) is 3.87. The number of nitrogens with one attached hydrogen (secondary N) is 1. The summed E-state index contributed by atoms with van der Waals surface area (Å²) in [5.74, 6) is 0.991. The van der Waals surface area contributed by atoms with E-state index in [1.165, 1.54) is 6.26 Å². The number of aromatic nitrogens is 2. The zero-order valence-electron chi connectivity index (χ0n) is 16.0. The molecule has 0 unspecified atom stereocenters. The molecule has 3 rings (SSSR count). The van der Waals surface area contributed by atoms with Gasteiger partial charge in [-0.2, -0.15) is 4.98 Å². The molecule has 0 bridgehead atoms. The molecule has 1 aliphatic heterocycles. The Kier molecular flexibility index (Phi) is 4.81. The van der Waals surface area contributed by atoms with E-state index in [0.29, 0.717) is 23.1 Å². The van der Waals surface area contributed by atoms with E-state index in [1.807, 2.05) is 31.7 Å². The van der Waals surface area contributed by atoms with Gasteiger partial charge < -0.3 is 15.1 Å². The van der Waals surface area contributed by atoms with Crippen molar-refractivity contribution in [3.05, 3.63) is 30.0 Å². The lowest BCUT2D eigenvalue weighted by Gasteiger charge is -2.36. The van der Waals surface area contributed by atoms with Gasteiger partial charge in [0, 0.05) is 25.0 Å². The number of hydrogen-bond donors (Lipinski definition) is 1. The molecule has 1 amide bonds. The van der Waals surface area contributed by atoms with E-state index >= 15 is 0 Å². The van der Waals surface area contributed by atoms with Crippen molar-refractivity contribution in [1.82, 2.24) is 9.97 Å². The summed E-state index contributed by atoms with van der Waals surface area (Å²) in [6.07, 6.45) is 2.78. The Labute approximate surface area is 159 Å². The molecule has 0 radical (unpaired) electrons. The third-order valence-electron chi connectivity index (χ3n) is 4.42. The number of anilines is 4. The smallest absolute Gasteiger partial charge is 0.246 e. The van der Waals surface area contributed by atoms with Crippen LogP contribution >= 0.6 is 0 Å². The molecular formula is C18H23N5O3S. The summed E-state index contributed by atoms with van der Waals surface area (Å²) in [5.41, 5.74) is 2.05. The van der Waals surface area contributed by atoms with Gasteiger partial charge in [-0.05, 0) is 44.5 Å². The summed E-state index contributed by atoms with van der Waals surface area (Å²) in [5, 5.41) is 3.08. The summed E-state index contributed by atoms with van der Waals surface area (Å²) in [7, 11) is -1.62. The number of amides is 1. The first-order valence-corrected chi connectivity index (χ1v) is 10.4. The van der Waals surface area contributed by atoms with Crippen molar-refractivity contribution in [3.63, 3.8) is 0 Å². The number of fused-ring (bicyclic) bond motifs is 1. The Hall–Kier alpha value is -2.68. The van der Waals surface area contributed by atoms with Crippen molar-refractivity contribution in [2.24, 2.45) is 0 Å². The molecule has 9 heteroatoms. The van der Waals surface area contributed by atoms with Crippen LogP contribution in [0.2, 0.25) is 0 Å². The maximum atomic E-state index is 12.2. The van der Waals surface area contributed by atoms with Crippen LogP contribution in [-0.4, -0.2) is 50.2 Å². The second-order valence-electron chi connectivity index (χ2n) is 7.01. The maximum absolute atomic E-state index is 12.2. The zero-order valence-corrected chi connectivity index (χ0v) is 16.8. The highest BCUT2D eigenvalue weighted by Crippen LogP contribution is 2.33. The van der Waals surface area contributed by atoms with Crippen LogP contribution < -0.4 is 15.1 Å². The van der Waals surface area contributed by atoms with Gasteiger partial charge in [0.05, 0.1) is 17.6 Å². The normalized spacial score (nSPS) is 14.5. The van der Waals surface area contributed by atoms with E-state index < -0.39 is 9.84 Å². The number of nitrogens with zero attached hydrogens (tertiary/aromatic N) is 4. The van der Waals surface area contributed by atoms with Crippen molar-refractivity contribution in [2.75, 3.05) is 35.0 Å². The van der Waals surface area contributed by atoms with Crippen LogP contribution in [0.1, 0.15) is 19.4 Å². The van der Waals surface area contributed by atoms with Crippen molar-refractivity contribution >= 4 is 38.9 Å². The summed E-state index contributed by atoms with van der Waals surface area (Å²) in [6, 6.07) is 5.10. The molecule has 1 N–H and O–H groups in total. The first-order chi connectivity index (χ1) is 12.6. The molecule has 1 aromatic carbocycles. The highest BCUT2D eigenvalue weighted by molar-refractivity contribution is 7.90. The van der Waals surface area contributed by atoms with Gasteiger partial charge in [-0.3, -0.25) is 4.79 Å². The number of likely N-dealkylation sites (N-methyl/N-ethyl adjacent to an activating group) is 1. The minimum atomic E-state index is -3.32. The summed E-state index contributed by atoms with van der Waals surface area (Å²) in [6.45, 7) is 6.07. The molecule has 27 heavy (non-hydrogen) atoms. The van der Waals surface area contributed by atoms with Gasteiger partial charge in [-0.1, -0.05) is 0 Å². The van der Waals surface area contributed by atoms with Gasteiger partial charge in [-0.25, -0.2) is 13.4 Å². The summed E-state index contributed by atoms with van der Waals surface area (Å²) < 4.78 is 23.7. The number of carbonyl (C=O) groups excluding carboxylic acids is 1. The quantitative estimate of drug-likeness (QED) is 0.856. The fraction of sp³-hybridized carbons (Fsp3) is 0.389. The lowest BCUT2D eigenvalue weighted by molar-refractivity contribution is -0.117. The van der Waals surface area contributed by atoms with E-state index in [2.05, 4.69) is 15.3 Å². The zero-order chi connectivity index (χ0) is 19.9. The standard InChI is InChI=1S/C18H23N5O3S/c1-11(2)23-10-16(24)22(4)15-9-19-18(21-17(15)23)20-13-6-12(3)7-14(8-13)27(5,25)26/h6-9,11H,10H2,1-5H3,(H,19,20,21). The molecule has 8 nitrogen and oxygen atoms in total. The molecule has 0 aliphatic carbocycles. The predicted octanol–water partition coefficient (Wildman–Crippen LogP) is 2.12. The number of benzene rings is 1. The SMILES string of the molecule is Cc1cc(Nc2ncc3c(n2)N(C(C)C)CC(=O)N3C)cc(S(C)(=O)=O)c1. The fourth-order valence-corrected chi connectivity index (χ4v) is 3.67. The van der Waals surface area contributed by atoms with Gasteiger partial charge in [0.2, 0.25) is 11.9 Å². The van der Waals surface area contributed by atoms with Crippen LogP contribution in [0.25, 0.3) is 0 Å². The summed E-state index contributed by atoms with van der Waals surface area (Å²) >= 11 is 0. The van der Waals surface area contributed by atoms with Crippen molar-refractivity contribution < 1.29 is 13.2 Å². The van der Waals surface area contributed by atoms with Gasteiger partial charge in [0.25, 0.3) is 0 Å². The van der Waals surface area contributed by atoms with Gasteiger partial charge in [0.15, 0.2) is 15.7 Å². The Bertz CT molecular complexity index is 1000. The maximum Gasteiger partial charge on any atom is 0.246 e. The van der Waals surface area contributed by atoms with Crippen LogP contribution in [0.3, 0.4) is 0 Å². The Morgan fingerprint density at radius 2 is 1.93 bits per heavy atom. The Balaban J connectivity index is 2.00. The van der Waals surface area contributed by atoms with E-state index in [0.717, 1.165) is 5.56 Å². The van der Waals surface area contributed by atoms with Crippen LogP contribution in [0.4, 0.5) is 23.1 Å². The highest BCUT2D eigenvalue weighted by Gasteiger charge is 2.30. The van der Waals surface area contributed by atoms with E-state index in [9.17, 15) is 13.2 Å². The fourth-order valence-electron chi connectivity index (χ4n) is 2.93. The van der Waals surface area contributed by atoms with Crippen LogP contribution in [-0.2, 0) is 14.6 Å². The average Bonchev–Trinajstić information content (AvgIpc) is 2.56. The second kappa shape index (κ2) is 6.80. The molecular weight excluding hydrogens is 366 g/mol. The highest BCUT2D eigenvalue weighted by atomic mass is 32.2.